The number of hydrogen-bond acceptors (Lipinski definition) is 8. The largest absolute Gasteiger partial charge is 0.369 e. The number of benzene rings is 4. The van der Waals surface area contributed by atoms with E-state index in [0.717, 1.165) is 103 Å². The maximum absolute atomic E-state index is 3.40. The Morgan fingerprint density at radius 1 is 0.357 bits per heavy atom. The molecule has 4 heterocycles. The van der Waals surface area contributed by atoms with E-state index < -0.39 is 0 Å². The smallest absolute Gasteiger partial charge is 0.0367 e. The van der Waals surface area contributed by atoms with Crippen LogP contribution in [0.25, 0.3) is 0 Å². The fourth-order valence-corrected chi connectivity index (χ4v) is 9.48. The van der Waals surface area contributed by atoms with Gasteiger partial charge in [-0.3, -0.25) is 9.80 Å². The molecule has 0 spiro atoms. The lowest BCUT2D eigenvalue weighted by Crippen LogP contribution is -2.43. The molecule has 8 rings (SSSR count). The second-order valence-electron chi connectivity index (χ2n) is 23.2. The Balaban J connectivity index is 0.000000174. The average molecular weight is 958 g/mol. The number of piperazine rings is 4. The molecule has 0 unspecified atom stereocenters. The SMILES string of the molecule is CC(C)C(C)(C)c1ccc(CN2CCNCC2)cc1.CC(C)C(C)(C)c1ccc(N2CCNCC2)cc1.CC(C)Cc1ccc(CN2CCNCC2)cc1.CC(C)Cc1ccc(N2CCNCC2)cc1. The standard InChI is InChI=1S/C17H28N2.C16H26N2.C15H24N2.C14H22N2/c1-14(2)17(3,4)16-7-5-15(6-8-16)13-19-11-9-18-10-12-19;1-13(2)16(3,4)14-5-7-15(8-6-14)18-11-9-17-10-12-18;1-13(2)11-14-3-5-15(6-4-14)12-17-9-7-16-8-10-17;1-12(2)11-13-3-5-14(6-4-13)16-9-7-15-8-10-16/h5-8,14,18H,9-13H2,1-4H3;5-8,13,17H,9-12H2,1-4H3;3-6,13,16H,7-12H2,1-2H3;3-6,12,15H,7-11H2,1-2H3. The fourth-order valence-electron chi connectivity index (χ4n) is 9.48. The zero-order chi connectivity index (χ0) is 50.5. The third-order valence-electron chi connectivity index (χ3n) is 15.6. The quantitative estimate of drug-likeness (QED) is 0.0998. The van der Waals surface area contributed by atoms with Gasteiger partial charge >= 0.3 is 0 Å². The molecule has 388 valence electrons. The van der Waals surface area contributed by atoms with Crippen molar-refractivity contribution in [2.45, 2.75) is 120 Å². The van der Waals surface area contributed by atoms with Crippen LogP contribution >= 0.6 is 0 Å². The maximum atomic E-state index is 3.40. The van der Waals surface area contributed by atoms with Gasteiger partial charge in [0.15, 0.2) is 0 Å². The minimum atomic E-state index is 0.252. The Morgan fingerprint density at radius 2 is 0.614 bits per heavy atom. The van der Waals surface area contributed by atoms with Crippen LogP contribution in [0.4, 0.5) is 11.4 Å². The Hall–Kier alpha value is -3.76. The molecule has 4 fully saturated rings. The van der Waals surface area contributed by atoms with E-state index >= 15 is 0 Å². The number of hydrogen-bond donors (Lipinski definition) is 4. The van der Waals surface area contributed by atoms with Gasteiger partial charge in [-0.15, -0.1) is 0 Å². The predicted molar refractivity (Wildman–Crippen MR) is 305 cm³/mol. The van der Waals surface area contributed by atoms with Crippen molar-refractivity contribution in [3.05, 3.63) is 130 Å². The summed E-state index contributed by atoms with van der Waals surface area (Å²) in [5.74, 6) is 2.80. The van der Waals surface area contributed by atoms with Crippen LogP contribution in [0.15, 0.2) is 97.1 Å². The summed E-state index contributed by atoms with van der Waals surface area (Å²) in [6.07, 6.45) is 2.37. The second-order valence-corrected chi connectivity index (χ2v) is 23.2. The Morgan fingerprint density at radius 3 is 0.929 bits per heavy atom. The first kappa shape index (κ1) is 57.1. The zero-order valence-corrected chi connectivity index (χ0v) is 46.5. The molecule has 0 saturated carbocycles. The van der Waals surface area contributed by atoms with E-state index in [-0.39, 0.29) is 10.8 Å². The van der Waals surface area contributed by atoms with E-state index in [1.165, 1.54) is 83.8 Å². The van der Waals surface area contributed by atoms with Gasteiger partial charge in [0.2, 0.25) is 0 Å². The topological polar surface area (TPSA) is 61.1 Å². The molecule has 4 aliphatic heterocycles. The third-order valence-corrected chi connectivity index (χ3v) is 15.6. The Bertz CT molecular complexity index is 1980. The molecular weight excluding hydrogens is 857 g/mol. The van der Waals surface area contributed by atoms with Crippen molar-refractivity contribution in [1.29, 1.82) is 0 Å². The number of nitrogens with zero attached hydrogens (tertiary/aromatic N) is 4. The number of rotatable bonds is 14. The summed E-state index contributed by atoms with van der Waals surface area (Å²) in [5, 5.41) is 13.6. The van der Waals surface area contributed by atoms with Crippen molar-refractivity contribution in [3.8, 4) is 0 Å². The van der Waals surface area contributed by atoms with E-state index in [0.29, 0.717) is 11.8 Å². The van der Waals surface area contributed by atoms with E-state index in [1.54, 1.807) is 0 Å². The highest BCUT2D eigenvalue weighted by Crippen LogP contribution is 2.33. The van der Waals surface area contributed by atoms with Crippen molar-refractivity contribution in [1.82, 2.24) is 31.1 Å². The second kappa shape index (κ2) is 29.1. The van der Waals surface area contributed by atoms with Gasteiger partial charge in [0.1, 0.15) is 0 Å². The van der Waals surface area contributed by atoms with Crippen LogP contribution in [-0.4, -0.2) is 115 Å². The van der Waals surface area contributed by atoms with Crippen LogP contribution in [0.2, 0.25) is 0 Å². The lowest BCUT2D eigenvalue weighted by molar-refractivity contribution is 0.233. The average Bonchev–Trinajstić information content (AvgIpc) is 3.36. The molecule has 4 aromatic rings. The van der Waals surface area contributed by atoms with Crippen molar-refractivity contribution in [2.24, 2.45) is 23.7 Å². The molecule has 0 bridgehead atoms. The highest BCUT2D eigenvalue weighted by Gasteiger charge is 2.26. The predicted octanol–water partition coefficient (Wildman–Crippen LogP) is 10.6. The van der Waals surface area contributed by atoms with E-state index in [4.69, 9.17) is 0 Å². The van der Waals surface area contributed by atoms with Gasteiger partial charge in [0.25, 0.3) is 0 Å². The van der Waals surface area contributed by atoms with Crippen LogP contribution in [0.5, 0.6) is 0 Å². The van der Waals surface area contributed by atoms with E-state index in [2.05, 4.69) is 221 Å². The Labute approximate surface area is 429 Å². The highest BCUT2D eigenvalue weighted by molar-refractivity contribution is 5.50. The molecule has 70 heavy (non-hydrogen) atoms. The van der Waals surface area contributed by atoms with Crippen LogP contribution in [-0.2, 0) is 36.8 Å². The van der Waals surface area contributed by atoms with Gasteiger partial charge in [-0.25, -0.2) is 0 Å². The lowest BCUT2D eigenvalue weighted by atomic mass is 9.75. The molecule has 4 aromatic carbocycles. The molecule has 0 amide bonds. The van der Waals surface area contributed by atoms with Crippen LogP contribution in [0.3, 0.4) is 0 Å². The van der Waals surface area contributed by atoms with E-state index in [9.17, 15) is 0 Å². The number of nitrogens with one attached hydrogen (secondary N) is 4. The molecule has 0 atom stereocenters. The first-order chi connectivity index (χ1) is 33.5. The molecule has 4 saturated heterocycles. The minimum Gasteiger partial charge on any atom is -0.369 e. The molecule has 4 N–H and O–H groups in total. The fraction of sp³-hybridized carbons (Fsp3) is 0.613. The molecule has 0 radical (unpaired) electrons. The summed E-state index contributed by atoms with van der Waals surface area (Å²) in [4.78, 5) is 9.96. The lowest BCUT2D eigenvalue weighted by Gasteiger charge is -2.32. The molecule has 0 aliphatic carbocycles. The normalized spacial score (nSPS) is 17.4. The summed E-state index contributed by atoms with van der Waals surface area (Å²) in [6.45, 7) is 47.9. The molecule has 0 aromatic heterocycles. The molecular formula is C62H100N8. The van der Waals surface area contributed by atoms with Gasteiger partial charge in [-0.2, -0.15) is 0 Å². The molecule has 8 nitrogen and oxygen atoms in total. The first-order valence-corrected chi connectivity index (χ1v) is 27.7. The zero-order valence-electron chi connectivity index (χ0n) is 46.5. The summed E-state index contributed by atoms with van der Waals surface area (Å²) in [5.41, 5.74) is 11.9. The van der Waals surface area contributed by atoms with Gasteiger partial charge in [-0.05, 0) is 105 Å². The van der Waals surface area contributed by atoms with Crippen molar-refractivity contribution >= 4 is 11.4 Å². The van der Waals surface area contributed by atoms with Gasteiger partial charge < -0.3 is 31.1 Å². The van der Waals surface area contributed by atoms with E-state index in [1.807, 2.05) is 0 Å². The maximum Gasteiger partial charge on any atom is 0.0367 e. The van der Waals surface area contributed by atoms with Crippen molar-refractivity contribution < 1.29 is 0 Å². The summed E-state index contributed by atoms with van der Waals surface area (Å²) in [6, 6.07) is 36.7. The van der Waals surface area contributed by atoms with Gasteiger partial charge in [-0.1, -0.05) is 156 Å². The third kappa shape index (κ3) is 19.0. The van der Waals surface area contributed by atoms with Crippen molar-refractivity contribution in [2.75, 3.05) is 115 Å². The van der Waals surface area contributed by atoms with Crippen LogP contribution < -0.4 is 31.1 Å². The molecule has 4 aliphatic rings. The van der Waals surface area contributed by atoms with Gasteiger partial charge in [0.05, 0.1) is 0 Å². The monoisotopic (exact) mass is 957 g/mol. The van der Waals surface area contributed by atoms with Crippen LogP contribution in [0, 0.1) is 23.7 Å². The minimum absolute atomic E-state index is 0.252. The summed E-state index contributed by atoms with van der Waals surface area (Å²) < 4.78 is 0. The first-order valence-electron chi connectivity index (χ1n) is 27.7. The van der Waals surface area contributed by atoms with Crippen molar-refractivity contribution in [3.63, 3.8) is 0 Å². The Kier molecular flexibility index (Phi) is 23.7. The summed E-state index contributed by atoms with van der Waals surface area (Å²) >= 11 is 0. The highest BCUT2D eigenvalue weighted by atomic mass is 15.2. The van der Waals surface area contributed by atoms with Crippen LogP contribution in [0.1, 0.15) is 116 Å². The number of anilines is 2. The molecule has 8 heteroatoms. The summed E-state index contributed by atoms with van der Waals surface area (Å²) in [7, 11) is 0. The van der Waals surface area contributed by atoms with Gasteiger partial charge in [0, 0.05) is 129 Å².